The molecule has 3 aliphatic rings. The molecule has 3 rings (SSSR count). The second-order valence-electron chi connectivity index (χ2n) is 5.46. The first-order chi connectivity index (χ1) is 8.15. The number of carbonyl (C=O) groups excluding carboxylic acids is 2. The zero-order valence-corrected chi connectivity index (χ0v) is 10.2. The summed E-state index contributed by atoms with van der Waals surface area (Å²) >= 11 is 0. The van der Waals surface area contributed by atoms with Gasteiger partial charge < -0.3 is 10.2 Å². The van der Waals surface area contributed by atoms with Crippen LogP contribution in [0.3, 0.4) is 0 Å². The van der Waals surface area contributed by atoms with Crippen molar-refractivity contribution in [3.05, 3.63) is 0 Å². The molecule has 5 nitrogen and oxygen atoms in total. The number of fused-ring (bicyclic) bond motifs is 2. The summed E-state index contributed by atoms with van der Waals surface area (Å²) in [5.41, 5.74) is 0. The first-order valence-corrected chi connectivity index (χ1v) is 6.44. The number of likely N-dealkylation sites (N-methyl/N-ethyl adjacent to an activating group) is 1. The summed E-state index contributed by atoms with van der Waals surface area (Å²) < 4.78 is 0. The molecule has 0 aromatic carbocycles. The van der Waals surface area contributed by atoms with E-state index in [4.69, 9.17) is 0 Å². The lowest BCUT2D eigenvalue weighted by Crippen LogP contribution is -2.50. The van der Waals surface area contributed by atoms with Crippen molar-refractivity contribution in [3.8, 4) is 0 Å². The molecule has 3 aliphatic heterocycles. The summed E-state index contributed by atoms with van der Waals surface area (Å²) in [4.78, 5) is 27.0. The van der Waals surface area contributed by atoms with Crippen molar-refractivity contribution in [1.29, 1.82) is 0 Å². The number of piperidine rings is 1. The zero-order chi connectivity index (χ0) is 12.0. The van der Waals surface area contributed by atoms with Gasteiger partial charge in [-0.3, -0.25) is 14.5 Å². The van der Waals surface area contributed by atoms with Gasteiger partial charge in [0.15, 0.2) is 0 Å². The Morgan fingerprint density at radius 2 is 2.00 bits per heavy atom. The number of carbonyl (C=O) groups is 2. The van der Waals surface area contributed by atoms with Crippen molar-refractivity contribution in [1.82, 2.24) is 15.1 Å². The van der Waals surface area contributed by atoms with Crippen molar-refractivity contribution in [2.24, 2.45) is 5.92 Å². The lowest BCUT2D eigenvalue weighted by Gasteiger charge is -2.32. The monoisotopic (exact) mass is 237 g/mol. The topological polar surface area (TPSA) is 52.7 Å². The normalized spacial score (nSPS) is 41.4. The molecule has 0 spiro atoms. The van der Waals surface area contributed by atoms with Crippen molar-refractivity contribution in [2.75, 3.05) is 26.7 Å². The molecule has 0 aromatic rings. The van der Waals surface area contributed by atoms with E-state index in [1.807, 2.05) is 0 Å². The predicted molar refractivity (Wildman–Crippen MR) is 62.3 cm³/mol. The highest BCUT2D eigenvalue weighted by Crippen LogP contribution is 2.28. The van der Waals surface area contributed by atoms with Crippen LogP contribution in [0.4, 0.5) is 0 Å². The number of nitrogens with zero attached hydrogens (tertiary/aromatic N) is 2. The Hall–Kier alpha value is -0.940. The Morgan fingerprint density at radius 1 is 1.24 bits per heavy atom. The average Bonchev–Trinajstić information content (AvgIpc) is 2.81. The lowest BCUT2D eigenvalue weighted by atomic mass is 9.93. The average molecular weight is 237 g/mol. The Balaban J connectivity index is 1.64. The number of hydrogen-bond donors (Lipinski definition) is 1. The van der Waals surface area contributed by atoms with Crippen molar-refractivity contribution < 1.29 is 9.59 Å². The fraction of sp³-hybridized carbons (Fsp3) is 0.833. The molecule has 4 unspecified atom stereocenters. The predicted octanol–water partition coefficient (Wildman–Crippen LogP) is -0.572. The maximum Gasteiger partial charge on any atom is 0.246 e. The fourth-order valence-electron chi connectivity index (χ4n) is 3.32. The van der Waals surface area contributed by atoms with E-state index in [-0.39, 0.29) is 17.9 Å². The van der Waals surface area contributed by atoms with E-state index in [1.54, 1.807) is 7.05 Å². The molecule has 0 aromatic heterocycles. The molecule has 0 saturated carbocycles. The number of amides is 2. The van der Waals surface area contributed by atoms with Gasteiger partial charge in [0.25, 0.3) is 0 Å². The molecule has 17 heavy (non-hydrogen) atoms. The van der Waals surface area contributed by atoms with E-state index in [0.29, 0.717) is 18.4 Å². The second kappa shape index (κ2) is 4.07. The van der Waals surface area contributed by atoms with Crippen LogP contribution in [-0.2, 0) is 9.59 Å². The SMILES string of the molecule is CN1C(=O)CC(NC2CCN3CCC2C3)C1=O. The van der Waals surface area contributed by atoms with Crippen molar-refractivity contribution in [2.45, 2.75) is 31.3 Å². The van der Waals surface area contributed by atoms with Gasteiger partial charge in [-0.2, -0.15) is 0 Å². The third-order valence-electron chi connectivity index (χ3n) is 4.43. The highest BCUT2D eigenvalue weighted by molar-refractivity contribution is 6.05. The number of rotatable bonds is 2. The minimum atomic E-state index is -0.273. The summed E-state index contributed by atoms with van der Waals surface area (Å²) in [6.07, 6.45) is 2.66. The summed E-state index contributed by atoms with van der Waals surface area (Å²) in [6.45, 7) is 3.47. The molecule has 94 valence electrons. The quantitative estimate of drug-likeness (QED) is 0.653. The first kappa shape index (κ1) is 11.2. The van der Waals surface area contributed by atoms with Crippen LogP contribution < -0.4 is 5.32 Å². The maximum absolute atomic E-state index is 11.8. The third-order valence-corrected chi connectivity index (χ3v) is 4.43. The van der Waals surface area contributed by atoms with Gasteiger partial charge in [-0.05, 0) is 31.8 Å². The third kappa shape index (κ3) is 1.87. The summed E-state index contributed by atoms with van der Waals surface area (Å²) in [6, 6.07) is 0.145. The van der Waals surface area contributed by atoms with Gasteiger partial charge in [0.1, 0.15) is 0 Å². The number of nitrogens with one attached hydrogen (secondary N) is 1. The molecule has 3 fully saturated rings. The van der Waals surface area contributed by atoms with E-state index in [1.165, 1.54) is 17.9 Å². The van der Waals surface area contributed by atoms with E-state index >= 15 is 0 Å². The summed E-state index contributed by atoms with van der Waals surface area (Å²) in [5, 5.41) is 3.42. The van der Waals surface area contributed by atoms with E-state index in [9.17, 15) is 9.59 Å². The standard InChI is InChI=1S/C12H19N3O2/c1-14-11(16)6-10(12(14)17)13-9-3-5-15-4-2-8(9)7-15/h8-10,13H,2-7H2,1H3. The van der Waals surface area contributed by atoms with Crippen LogP contribution in [0.25, 0.3) is 0 Å². The van der Waals surface area contributed by atoms with Crippen LogP contribution in [0.5, 0.6) is 0 Å². The Labute approximate surface area is 101 Å². The second-order valence-corrected chi connectivity index (χ2v) is 5.46. The van der Waals surface area contributed by atoms with E-state index in [2.05, 4.69) is 10.2 Å². The highest BCUT2D eigenvalue weighted by Gasteiger charge is 2.40. The van der Waals surface area contributed by atoms with E-state index < -0.39 is 0 Å². The molecular formula is C12H19N3O2. The minimum absolute atomic E-state index is 0.0589. The molecule has 0 radical (unpaired) electrons. The Kier molecular flexibility index (Phi) is 2.67. The van der Waals surface area contributed by atoms with Gasteiger partial charge in [-0.25, -0.2) is 0 Å². The van der Waals surface area contributed by atoms with Crippen LogP contribution in [0.1, 0.15) is 19.3 Å². The van der Waals surface area contributed by atoms with Crippen LogP contribution in [0.2, 0.25) is 0 Å². The molecule has 1 N–H and O–H groups in total. The van der Waals surface area contributed by atoms with Crippen LogP contribution in [0.15, 0.2) is 0 Å². The molecule has 3 heterocycles. The molecule has 5 heteroatoms. The summed E-state index contributed by atoms with van der Waals surface area (Å²) in [7, 11) is 1.57. The molecule has 0 aliphatic carbocycles. The van der Waals surface area contributed by atoms with Crippen LogP contribution in [0, 0.1) is 5.92 Å². The van der Waals surface area contributed by atoms with Gasteiger partial charge in [0.05, 0.1) is 12.5 Å². The minimum Gasteiger partial charge on any atom is -0.303 e. The molecule has 2 amide bonds. The first-order valence-electron chi connectivity index (χ1n) is 6.44. The van der Waals surface area contributed by atoms with Crippen LogP contribution in [-0.4, -0.2) is 60.4 Å². The van der Waals surface area contributed by atoms with Gasteiger partial charge in [-0.1, -0.05) is 0 Å². The molecule has 4 atom stereocenters. The molecular weight excluding hydrogens is 218 g/mol. The smallest absolute Gasteiger partial charge is 0.246 e. The Morgan fingerprint density at radius 3 is 2.71 bits per heavy atom. The van der Waals surface area contributed by atoms with Crippen molar-refractivity contribution >= 4 is 11.8 Å². The van der Waals surface area contributed by atoms with Gasteiger partial charge in [0, 0.05) is 19.6 Å². The number of imide groups is 1. The lowest BCUT2D eigenvalue weighted by molar-refractivity contribution is -0.137. The molecule has 3 saturated heterocycles. The van der Waals surface area contributed by atoms with Gasteiger partial charge in [0.2, 0.25) is 11.8 Å². The largest absolute Gasteiger partial charge is 0.303 e. The zero-order valence-electron chi connectivity index (χ0n) is 10.2. The molecule has 2 bridgehead atoms. The van der Waals surface area contributed by atoms with Crippen LogP contribution >= 0.6 is 0 Å². The van der Waals surface area contributed by atoms with Crippen molar-refractivity contribution in [3.63, 3.8) is 0 Å². The van der Waals surface area contributed by atoms with Gasteiger partial charge >= 0.3 is 0 Å². The maximum atomic E-state index is 11.8. The number of hydrogen-bond acceptors (Lipinski definition) is 4. The van der Waals surface area contributed by atoms with E-state index in [0.717, 1.165) is 19.5 Å². The summed E-state index contributed by atoms with van der Waals surface area (Å²) in [5.74, 6) is 0.546. The number of likely N-dealkylation sites (tertiary alicyclic amines) is 1. The highest BCUT2D eigenvalue weighted by atomic mass is 16.2. The Bertz CT molecular complexity index is 358. The van der Waals surface area contributed by atoms with Gasteiger partial charge in [-0.15, -0.1) is 0 Å². The fourth-order valence-corrected chi connectivity index (χ4v) is 3.32.